The van der Waals surface area contributed by atoms with Crippen molar-refractivity contribution >= 4 is 5.97 Å². The predicted octanol–water partition coefficient (Wildman–Crippen LogP) is 1.57. The van der Waals surface area contributed by atoms with E-state index in [-0.39, 0.29) is 13.2 Å². The second kappa shape index (κ2) is 8.73. The second-order valence-corrected chi connectivity index (χ2v) is 3.02. The van der Waals surface area contributed by atoms with Crippen molar-refractivity contribution in [1.82, 2.24) is 0 Å². The summed E-state index contributed by atoms with van der Waals surface area (Å²) in [6, 6.07) is 0. The van der Waals surface area contributed by atoms with Crippen LogP contribution in [-0.4, -0.2) is 30.4 Å². The van der Waals surface area contributed by atoms with Crippen molar-refractivity contribution in [2.24, 2.45) is 0 Å². The van der Waals surface area contributed by atoms with Crippen molar-refractivity contribution < 1.29 is 19.4 Å². The minimum absolute atomic E-state index is 0.0813. The largest absolute Gasteiger partial charge is 0.495 e. The number of rotatable bonds is 8. The summed E-state index contributed by atoms with van der Waals surface area (Å²) in [5.41, 5.74) is 0. The molecule has 0 saturated carbocycles. The van der Waals surface area contributed by atoms with Gasteiger partial charge in [-0.05, 0) is 6.08 Å². The molecule has 0 aliphatic carbocycles. The summed E-state index contributed by atoms with van der Waals surface area (Å²) in [5, 5.41) is 9.42. The molecule has 0 aliphatic heterocycles. The van der Waals surface area contributed by atoms with E-state index in [9.17, 15) is 9.90 Å². The van der Waals surface area contributed by atoms with Crippen LogP contribution in [0.25, 0.3) is 0 Å². The maximum Gasteiger partial charge on any atom is 0.330 e. The molecule has 0 aromatic rings. The van der Waals surface area contributed by atoms with E-state index in [1.807, 2.05) is 6.92 Å². The quantitative estimate of drug-likeness (QED) is 0.295. The first-order chi connectivity index (χ1) is 7.63. The SMILES string of the molecule is C=C/C=C(\CC)OCC(O)COC(=O)C=C. The monoisotopic (exact) mass is 226 g/mol. The van der Waals surface area contributed by atoms with E-state index in [2.05, 4.69) is 17.9 Å². The fraction of sp³-hybridized carbons (Fsp3) is 0.417. The average molecular weight is 226 g/mol. The van der Waals surface area contributed by atoms with Gasteiger partial charge < -0.3 is 14.6 Å². The second-order valence-electron chi connectivity index (χ2n) is 3.02. The van der Waals surface area contributed by atoms with E-state index in [4.69, 9.17) is 4.74 Å². The van der Waals surface area contributed by atoms with Gasteiger partial charge in [-0.15, -0.1) is 0 Å². The van der Waals surface area contributed by atoms with Crippen LogP contribution in [0.4, 0.5) is 0 Å². The number of hydrogen-bond donors (Lipinski definition) is 1. The maximum atomic E-state index is 10.7. The van der Waals surface area contributed by atoms with E-state index < -0.39 is 12.1 Å². The minimum atomic E-state index is -0.844. The van der Waals surface area contributed by atoms with Gasteiger partial charge in [0.05, 0.1) is 5.76 Å². The Balaban J connectivity index is 3.83. The molecular formula is C12H18O4. The fourth-order valence-electron chi connectivity index (χ4n) is 0.888. The lowest BCUT2D eigenvalue weighted by molar-refractivity contribution is -0.141. The van der Waals surface area contributed by atoms with Crippen molar-refractivity contribution in [2.75, 3.05) is 13.2 Å². The summed E-state index contributed by atoms with van der Waals surface area (Å²) < 4.78 is 9.93. The number of carbonyl (C=O) groups excluding carboxylic acids is 1. The van der Waals surface area contributed by atoms with Crippen LogP contribution in [-0.2, 0) is 14.3 Å². The third kappa shape index (κ3) is 6.84. The van der Waals surface area contributed by atoms with Crippen LogP contribution < -0.4 is 0 Å². The number of carbonyl (C=O) groups is 1. The molecule has 4 nitrogen and oxygen atoms in total. The molecule has 0 aliphatic rings. The number of aliphatic hydroxyl groups excluding tert-OH is 1. The summed E-state index contributed by atoms with van der Waals surface area (Å²) >= 11 is 0. The van der Waals surface area contributed by atoms with Crippen molar-refractivity contribution in [3.05, 3.63) is 37.1 Å². The molecule has 1 N–H and O–H groups in total. The molecule has 0 bridgehead atoms. The minimum Gasteiger partial charge on any atom is -0.495 e. The van der Waals surface area contributed by atoms with Gasteiger partial charge in [-0.1, -0.05) is 26.2 Å². The zero-order valence-electron chi connectivity index (χ0n) is 9.52. The number of hydrogen-bond acceptors (Lipinski definition) is 4. The summed E-state index contributed by atoms with van der Waals surface area (Å²) in [4.78, 5) is 10.7. The lowest BCUT2D eigenvalue weighted by Crippen LogP contribution is -2.23. The molecule has 1 unspecified atom stereocenters. The molecule has 0 amide bonds. The molecular weight excluding hydrogens is 208 g/mol. The third-order valence-electron chi connectivity index (χ3n) is 1.70. The Kier molecular flexibility index (Phi) is 7.89. The summed E-state index contributed by atoms with van der Waals surface area (Å²) in [6.45, 7) is 8.70. The molecule has 16 heavy (non-hydrogen) atoms. The number of ether oxygens (including phenoxy) is 2. The Labute approximate surface area is 95.9 Å². The zero-order chi connectivity index (χ0) is 12.4. The van der Waals surface area contributed by atoms with Crippen molar-refractivity contribution in [1.29, 1.82) is 0 Å². The molecule has 0 aromatic heterocycles. The number of allylic oxidation sites excluding steroid dienone is 3. The van der Waals surface area contributed by atoms with E-state index >= 15 is 0 Å². The first-order valence-electron chi connectivity index (χ1n) is 5.05. The zero-order valence-corrected chi connectivity index (χ0v) is 9.52. The number of esters is 1. The van der Waals surface area contributed by atoms with Gasteiger partial charge in [0.2, 0.25) is 0 Å². The van der Waals surface area contributed by atoms with Crippen molar-refractivity contribution in [2.45, 2.75) is 19.4 Å². The highest BCUT2D eigenvalue weighted by Gasteiger charge is 2.08. The Morgan fingerprint density at radius 3 is 2.50 bits per heavy atom. The van der Waals surface area contributed by atoms with Gasteiger partial charge in [0, 0.05) is 12.5 Å². The van der Waals surface area contributed by atoms with Crippen LogP contribution in [0.2, 0.25) is 0 Å². The lowest BCUT2D eigenvalue weighted by atomic mass is 10.3. The molecule has 0 aromatic carbocycles. The highest BCUT2D eigenvalue weighted by Crippen LogP contribution is 2.04. The first-order valence-corrected chi connectivity index (χ1v) is 5.05. The van der Waals surface area contributed by atoms with E-state index in [1.54, 1.807) is 12.2 Å². The predicted molar refractivity (Wildman–Crippen MR) is 61.7 cm³/mol. The molecule has 90 valence electrons. The lowest BCUT2D eigenvalue weighted by Gasteiger charge is -2.13. The van der Waals surface area contributed by atoms with Gasteiger partial charge in [0.25, 0.3) is 0 Å². The Morgan fingerprint density at radius 2 is 2.00 bits per heavy atom. The average Bonchev–Trinajstić information content (AvgIpc) is 2.31. The summed E-state index contributed by atoms with van der Waals surface area (Å²) in [7, 11) is 0. The van der Waals surface area contributed by atoms with E-state index in [1.165, 1.54) is 0 Å². The number of aliphatic hydroxyl groups is 1. The molecule has 0 fully saturated rings. The Hall–Kier alpha value is -1.55. The topological polar surface area (TPSA) is 55.8 Å². The third-order valence-corrected chi connectivity index (χ3v) is 1.70. The van der Waals surface area contributed by atoms with E-state index in [0.29, 0.717) is 6.42 Å². The molecule has 0 saturated heterocycles. The van der Waals surface area contributed by atoms with Gasteiger partial charge >= 0.3 is 5.97 Å². The molecule has 0 radical (unpaired) electrons. The van der Waals surface area contributed by atoms with Crippen LogP contribution >= 0.6 is 0 Å². The normalized spacial score (nSPS) is 12.8. The molecule has 0 rings (SSSR count). The highest BCUT2D eigenvalue weighted by atomic mass is 16.5. The van der Waals surface area contributed by atoms with Crippen LogP contribution in [0.15, 0.2) is 37.1 Å². The van der Waals surface area contributed by atoms with Gasteiger partial charge in [0.1, 0.15) is 19.3 Å². The smallest absolute Gasteiger partial charge is 0.330 e. The van der Waals surface area contributed by atoms with Gasteiger partial charge in [-0.2, -0.15) is 0 Å². The van der Waals surface area contributed by atoms with Crippen LogP contribution in [0.5, 0.6) is 0 Å². The Morgan fingerprint density at radius 1 is 1.38 bits per heavy atom. The summed E-state index contributed by atoms with van der Waals surface area (Å²) in [5.74, 6) is 0.167. The summed E-state index contributed by atoms with van der Waals surface area (Å²) in [6.07, 6.45) is 4.25. The van der Waals surface area contributed by atoms with Crippen LogP contribution in [0, 0.1) is 0 Å². The molecule has 1 atom stereocenters. The van der Waals surface area contributed by atoms with Crippen molar-refractivity contribution in [3.63, 3.8) is 0 Å². The molecule has 4 heteroatoms. The molecule has 0 spiro atoms. The highest BCUT2D eigenvalue weighted by molar-refractivity contribution is 5.81. The van der Waals surface area contributed by atoms with Crippen LogP contribution in [0.1, 0.15) is 13.3 Å². The van der Waals surface area contributed by atoms with Gasteiger partial charge in [-0.25, -0.2) is 4.79 Å². The van der Waals surface area contributed by atoms with Crippen LogP contribution in [0.3, 0.4) is 0 Å². The van der Waals surface area contributed by atoms with Gasteiger partial charge in [0.15, 0.2) is 0 Å². The standard InChI is InChI=1S/C12H18O4/c1-4-7-11(5-2)15-8-10(13)9-16-12(14)6-3/h4,6-7,10,13H,1,3,5,8-9H2,2H3/b11-7+. The van der Waals surface area contributed by atoms with Gasteiger partial charge in [-0.3, -0.25) is 0 Å². The van der Waals surface area contributed by atoms with E-state index in [0.717, 1.165) is 11.8 Å². The molecule has 0 heterocycles. The Bertz CT molecular complexity index is 268. The fourth-order valence-corrected chi connectivity index (χ4v) is 0.888. The van der Waals surface area contributed by atoms with Crippen molar-refractivity contribution in [3.8, 4) is 0 Å². The maximum absolute atomic E-state index is 10.7. The first kappa shape index (κ1) is 14.5.